The molecule has 0 aliphatic rings. The van der Waals surface area contributed by atoms with Gasteiger partial charge in [-0.1, -0.05) is 30.3 Å². The third kappa shape index (κ3) is 3.14. The van der Waals surface area contributed by atoms with Crippen LogP contribution in [0.15, 0.2) is 30.3 Å². The summed E-state index contributed by atoms with van der Waals surface area (Å²) in [5.41, 5.74) is 1.20. The molecule has 0 amide bonds. The second-order valence-corrected chi connectivity index (χ2v) is 2.35. The molecule has 1 aromatic carbocycles. The molecule has 1 aromatic rings. The topological polar surface area (TPSA) is 12.0 Å². The Morgan fingerprint density at radius 1 is 1.18 bits per heavy atom. The number of rotatable bonds is 4. The van der Waals surface area contributed by atoms with Crippen molar-refractivity contribution >= 4 is 0 Å². The predicted molar refractivity (Wildman–Crippen MR) is 44.1 cm³/mol. The highest BCUT2D eigenvalue weighted by Gasteiger charge is 1.88. The fraction of sp³-hybridized carbons (Fsp3) is 0.333. The van der Waals surface area contributed by atoms with Crippen molar-refractivity contribution in [1.82, 2.24) is 5.32 Å². The molecular weight excluding hydrogens is 141 g/mol. The van der Waals surface area contributed by atoms with Gasteiger partial charge >= 0.3 is 0 Å². The Morgan fingerprint density at radius 2 is 1.91 bits per heavy atom. The van der Waals surface area contributed by atoms with E-state index in [0.717, 1.165) is 6.54 Å². The number of hydrogen-bond donors (Lipinski definition) is 1. The lowest BCUT2D eigenvalue weighted by molar-refractivity contribution is 0.467. The number of nitrogens with one attached hydrogen (secondary N) is 1. The Bertz CT molecular complexity index is 186. The van der Waals surface area contributed by atoms with Crippen LogP contribution in [0.3, 0.4) is 0 Å². The lowest BCUT2D eigenvalue weighted by atomic mass is 10.2. The summed E-state index contributed by atoms with van der Waals surface area (Å²) in [5, 5.41) is 2.98. The van der Waals surface area contributed by atoms with E-state index in [4.69, 9.17) is 0 Å². The van der Waals surface area contributed by atoms with Crippen LogP contribution < -0.4 is 5.32 Å². The summed E-state index contributed by atoms with van der Waals surface area (Å²) >= 11 is 0. The van der Waals surface area contributed by atoms with E-state index in [2.05, 4.69) is 5.32 Å². The Labute approximate surface area is 66.2 Å². The summed E-state index contributed by atoms with van der Waals surface area (Å²) in [4.78, 5) is 0. The Kier molecular flexibility index (Phi) is 3.62. The van der Waals surface area contributed by atoms with Crippen LogP contribution in [-0.2, 0) is 6.54 Å². The van der Waals surface area contributed by atoms with Gasteiger partial charge in [-0.3, -0.25) is 0 Å². The molecular formula is C9H12FN. The number of halogens is 1. The Balaban J connectivity index is 2.28. The largest absolute Gasteiger partial charge is 0.310 e. The molecule has 0 unspecified atom stereocenters. The third-order valence-electron chi connectivity index (χ3n) is 1.44. The molecule has 0 fully saturated rings. The van der Waals surface area contributed by atoms with Gasteiger partial charge < -0.3 is 5.32 Å². The van der Waals surface area contributed by atoms with Crippen LogP contribution in [0.1, 0.15) is 5.56 Å². The molecule has 1 nitrogen and oxygen atoms in total. The standard InChI is InChI=1S/C9H12FN/c10-6-7-11-8-9-4-2-1-3-5-9/h1-5,11H,6-8H2. The maximum Gasteiger partial charge on any atom is 0.102 e. The van der Waals surface area contributed by atoms with Gasteiger partial charge in [0.1, 0.15) is 6.67 Å². The highest BCUT2D eigenvalue weighted by molar-refractivity contribution is 5.14. The van der Waals surface area contributed by atoms with Crippen LogP contribution in [-0.4, -0.2) is 13.2 Å². The summed E-state index contributed by atoms with van der Waals surface area (Å²) in [6, 6.07) is 9.97. The first kappa shape index (κ1) is 8.21. The molecule has 60 valence electrons. The summed E-state index contributed by atoms with van der Waals surface area (Å²) in [5.74, 6) is 0. The van der Waals surface area contributed by atoms with Crippen LogP contribution in [0.4, 0.5) is 4.39 Å². The molecule has 0 atom stereocenters. The van der Waals surface area contributed by atoms with Gasteiger partial charge in [0.2, 0.25) is 0 Å². The fourth-order valence-corrected chi connectivity index (χ4v) is 0.895. The molecule has 0 saturated carbocycles. The highest BCUT2D eigenvalue weighted by atomic mass is 19.1. The van der Waals surface area contributed by atoms with Crippen molar-refractivity contribution in [2.45, 2.75) is 6.54 Å². The number of alkyl halides is 1. The number of hydrogen-bond acceptors (Lipinski definition) is 1. The van der Waals surface area contributed by atoms with Crippen LogP contribution >= 0.6 is 0 Å². The van der Waals surface area contributed by atoms with Crippen molar-refractivity contribution in [3.8, 4) is 0 Å². The van der Waals surface area contributed by atoms with Gasteiger partial charge in [-0.05, 0) is 5.56 Å². The summed E-state index contributed by atoms with van der Waals surface area (Å²) < 4.78 is 11.6. The maximum absolute atomic E-state index is 11.6. The molecule has 0 aliphatic heterocycles. The van der Waals surface area contributed by atoms with E-state index in [1.807, 2.05) is 30.3 Å². The first-order valence-electron chi connectivity index (χ1n) is 3.74. The molecule has 0 spiro atoms. The Morgan fingerprint density at radius 3 is 2.55 bits per heavy atom. The zero-order chi connectivity index (χ0) is 7.94. The van der Waals surface area contributed by atoms with E-state index in [1.54, 1.807) is 0 Å². The van der Waals surface area contributed by atoms with Gasteiger partial charge in [-0.15, -0.1) is 0 Å². The van der Waals surface area contributed by atoms with Crippen molar-refractivity contribution < 1.29 is 4.39 Å². The smallest absolute Gasteiger partial charge is 0.102 e. The van der Waals surface area contributed by atoms with E-state index in [1.165, 1.54) is 5.56 Å². The molecule has 0 radical (unpaired) electrons. The van der Waals surface area contributed by atoms with E-state index < -0.39 is 0 Å². The average molecular weight is 153 g/mol. The Hall–Kier alpha value is -0.890. The fourth-order valence-electron chi connectivity index (χ4n) is 0.895. The monoisotopic (exact) mass is 153 g/mol. The highest BCUT2D eigenvalue weighted by Crippen LogP contribution is 1.96. The van der Waals surface area contributed by atoms with Crippen LogP contribution in [0.2, 0.25) is 0 Å². The molecule has 1 N–H and O–H groups in total. The molecule has 1 rings (SSSR count). The first-order chi connectivity index (χ1) is 5.43. The zero-order valence-electron chi connectivity index (χ0n) is 6.39. The minimum Gasteiger partial charge on any atom is -0.310 e. The quantitative estimate of drug-likeness (QED) is 0.650. The van der Waals surface area contributed by atoms with Gasteiger partial charge in [-0.25, -0.2) is 4.39 Å². The second-order valence-electron chi connectivity index (χ2n) is 2.35. The van der Waals surface area contributed by atoms with Gasteiger partial charge in [0, 0.05) is 13.1 Å². The summed E-state index contributed by atoms with van der Waals surface area (Å²) in [7, 11) is 0. The maximum atomic E-state index is 11.6. The summed E-state index contributed by atoms with van der Waals surface area (Å²) in [6.07, 6.45) is 0. The molecule has 0 aliphatic carbocycles. The minimum absolute atomic E-state index is 0.299. The van der Waals surface area contributed by atoms with E-state index in [-0.39, 0.29) is 6.67 Å². The normalized spacial score (nSPS) is 9.91. The SMILES string of the molecule is FCCNCc1ccccc1. The van der Waals surface area contributed by atoms with Crippen molar-refractivity contribution in [3.05, 3.63) is 35.9 Å². The van der Waals surface area contributed by atoms with Crippen LogP contribution in [0, 0.1) is 0 Å². The lowest BCUT2D eigenvalue weighted by Gasteiger charge is -2.00. The zero-order valence-corrected chi connectivity index (χ0v) is 6.39. The van der Waals surface area contributed by atoms with Gasteiger partial charge in [0.15, 0.2) is 0 Å². The van der Waals surface area contributed by atoms with E-state index >= 15 is 0 Å². The van der Waals surface area contributed by atoms with Crippen molar-refractivity contribution in [2.75, 3.05) is 13.2 Å². The molecule has 0 heterocycles. The van der Waals surface area contributed by atoms with Gasteiger partial charge in [-0.2, -0.15) is 0 Å². The predicted octanol–water partition coefficient (Wildman–Crippen LogP) is 1.75. The number of benzene rings is 1. The molecule has 2 heteroatoms. The average Bonchev–Trinajstić information content (AvgIpc) is 2.07. The van der Waals surface area contributed by atoms with Crippen LogP contribution in [0.25, 0.3) is 0 Å². The van der Waals surface area contributed by atoms with Gasteiger partial charge in [0.05, 0.1) is 0 Å². The van der Waals surface area contributed by atoms with Crippen molar-refractivity contribution in [3.63, 3.8) is 0 Å². The third-order valence-corrected chi connectivity index (χ3v) is 1.44. The molecule has 0 bridgehead atoms. The van der Waals surface area contributed by atoms with Gasteiger partial charge in [0.25, 0.3) is 0 Å². The molecule has 0 aromatic heterocycles. The second kappa shape index (κ2) is 4.85. The lowest BCUT2D eigenvalue weighted by Crippen LogP contribution is -2.15. The van der Waals surface area contributed by atoms with E-state index in [0.29, 0.717) is 6.54 Å². The molecule has 11 heavy (non-hydrogen) atoms. The first-order valence-corrected chi connectivity index (χ1v) is 3.74. The van der Waals surface area contributed by atoms with Crippen molar-refractivity contribution in [1.29, 1.82) is 0 Å². The van der Waals surface area contributed by atoms with E-state index in [9.17, 15) is 4.39 Å². The van der Waals surface area contributed by atoms with Crippen molar-refractivity contribution in [2.24, 2.45) is 0 Å². The van der Waals surface area contributed by atoms with Crippen LogP contribution in [0.5, 0.6) is 0 Å². The summed E-state index contributed by atoms with van der Waals surface area (Å²) in [6.45, 7) is 0.895. The minimum atomic E-state index is -0.299. The molecule has 0 saturated heterocycles.